The quantitative estimate of drug-likeness (QED) is 0.688. The molecule has 0 aliphatic heterocycles. The summed E-state index contributed by atoms with van der Waals surface area (Å²) < 4.78 is 0. The minimum atomic E-state index is -0.238. The second-order valence-electron chi connectivity index (χ2n) is 4.48. The summed E-state index contributed by atoms with van der Waals surface area (Å²) in [5, 5.41) is 3.85. The van der Waals surface area contributed by atoms with Gasteiger partial charge in [-0.1, -0.05) is 29.3 Å². The average molecular weight is 275 g/mol. The highest BCUT2D eigenvalue weighted by atomic mass is 35.5. The first-order chi connectivity index (χ1) is 9.02. The molecule has 98 valence electrons. The second-order valence-corrected chi connectivity index (χ2v) is 4.84. The predicted molar refractivity (Wildman–Crippen MR) is 78.8 cm³/mol. The number of fused-ring (bicyclic) bond motifs is 1. The number of pyridine rings is 1. The molecule has 0 spiro atoms. The normalized spacial score (nSPS) is 10.5. The van der Waals surface area contributed by atoms with Gasteiger partial charge in [-0.2, -0.15) is 0 Å². The first-order valence-corrected chi connectivity index (χ1v) is 6.37. The zero-order valence-electron chi connectivity index (χ0n) is 11.0. The van der Waals surface area contributed by atoms with Crippen molar-refractivity contribution in [1.29, 1.82) is 0 Å². The highest BCUT2D eigenvalue weighted by Crippen LogP contribution is 2.24. The number of hydrogen-bond acceptors (Lipinski definition) is 2. The van der Waals surface area contributed by atoms with E-state index in [9.17, 15) is 4.79 Å². The molecule has 2 aromatic rings. The fourth-order valence-electron chi connectivity index (χ4n) is 2.05. The third-order valence-electron chi connectivity index (χ3n) is 2.86. The Morgan fingerprint density at radius 1 is 1.42 bits per heavy atom. The van der Waals surface area contributed by atoms with E-state index in [1.54, 1.807) is 12.1 Å². The molecule has 1 amide bonds. The summed E-state index contributed by atoms with van der Waals surface area (Å²) in [7, 11) is 0. The molecule has 0 radical (unpaired) electrons. The lowest BCUT2D eigenvalue weighted by Gasteiger charge is -2.08. The van der Waals surface area contributed by atoms with Crippen LogP contribution in [0.15, 0.2) is 30.9 Å². The van der Waals surface area contributed by atoms with Crippen LogP contribution in [0.4, 0.5) is 0 Å². The molecule has 1 heterocycles. The van der Waals surface area contributed by atoms with Crippen molar-refractivity contribution in [2.45, 2.75) is 13.8 Å². The van der Waals surface area contributed by atoms with Gasteiger partial charge in [-0.3, -0.25) is 4.79 Å². The van der Waals surface area contributed by atoms with E-state index in [0.717, 1.165) is 22.0 Å². The lowest BCUT2D eigenvalue weighted by atomic mass is 10.1. The van der Waals surface area contributed by atoms with Crippen molar-refractivity contribution in [3.05, 3.63) is 52.7 Å². The van der Waals surface area contributed by atoms with Crippen LogP contribution < -0.4 is 5.32 Å². The van der Waals surface area contributed by atoms with Crippen molar-refractivity contribution < 1.29 is 4.79 Å². The van der Waals surface area contributed by atoms with Gasteiger partial charge in [-0.05, 0) is 31.5 Å². The molecule has 1 N–H and O–H groups in total. The number of rotatable bonds is 3. The standard InChI is InChI=1S/C15H15ClN2O/c1-4-5-17-15(19)12-8-11-7-9(2)6-10(3)13(11)18-14(12)16/h4,6-8H,1,5H2,2-3H3,(H,17,19). The van der Waals surface area contributed by atoms with E-state index < -0.39 is 0 Å². The third kappa shape index (κ3) is 2.76. The number of aryl methyl sites for hydroxylation is 2. The highest BCUT2D eigenvalue weighted by Gasteiger charge is 2.13. The number of nitrogens with zero attached hydrogens (tertiary/aromatic N) is 1. The van der Waals surface area contributed by atoms with E-state index in [1.807, 2.05) is 26.0 Å². The van der Waals surface area contributed by atoms with Gasteiger partial charge in [-0.15, -0.1) is 6.58 Å². The molecular weight excluding hydrogens is 260 g/mol. The maximum absolute atomic E-state index is 12.0. The number of nitrogens with one attached hydrogen (secondary N) is 1. The van der Waals surface area contributed by atoms with Gasteiger partial charge >= 0.3 is 0 Å². The Hall–Kier alpha value is -1.87. The van der Waals surface area contributed by atoms with E-state index in [-0.39, 0.29) is 11.1 Å². The average Bonchev–Trinajstić information content (AvgIpc) is 2.36. The first kappa shape index (κ1) is 13.6. The molecule has 19 heavy (non-hydrogen) atoms. The van der Waals surface area contributed by atoms with Crippen molar-refractivity contribution >= 4 is 28.4 Å². The summed E-state index contributed by atoms with van der Waals surface area (Å²) in [4.78, 5) is 16.3. The molecule has 0 aliphatic rings. The molecule has 0 aliphatic carbocycles. The fourth-order valence-corrected chi connectivity index (χ4v) is 2.27. The van der Waals surface area contributed by atoms with Gasteiger partial charge in [-0.25, -0.2) is 4.98 Å². The largest absolute Gasteiger partial charge is 0.348 e. The Bertz CT molecular complexity index is 665. The highest BCUT2D eigenvalue weighted by molar-refractivity contribution is 6.33. The topological polar surface area (TPSA) is 42.0 Å². The van der Waals surface area contributed by atoms with Gasteiger partial charge < -0.3 is 5.32 Å². The van der Waals surface area contributed by atoms with E-state index >= 15 is 0 Å². The van der Waals surface area contributed by atoms with Crippen molar-refractivity contribution in [1.82, 2.24) is 10.3 Å². The van der Waals surface area contributed by atoms with E-state index in [0.29, 0.717) is 12.1 Å². The van der Waals surface area contributed by atoms with Crippen molar-refractivity contribution in [2.24, 2.45) is 0 Å². The van der Waals surface area contributed by atoms with Crippen molar-refractivity contribution in [3.63, 3.8) is 0 Å². The Kier molecular flexibility index (Phi) is 3.86. The van der Waals surface area contributed by atoms with E-state index in [2.05, 4.69) is 16.9 Å². The monoisotopic (exact) mass is 274 g/mol. The van der Waals surface area contributed by atoms with Crippen LogP contribution in [0.2, 0.25) is 5.15 Å². The van der Waals surface area contributed by atoms with Gasteiger partial charge in [0.1, 0.15) is 5.15 Å². The van der Waals surface area contributed by atoms with Gasteiger partial charge in [0, 0.05) is 11.9 Å². The summed E-state index contributed by atoms with van der Waals surface area (Å²) in [6.07, 6.45) is 1.62. The predicted octanol–water partition coefficient (Wildman–Crippen LogP) is 3.42. The zero-order chi connectivity index (χ0) is 14.0. The Morgan fingerprint density at radius 3 is 2.84 bits per heavy atom. The van der Waals surface area contributed by atoms with E-state index in [4.69, 9.17) is 11.6 Å². The molecule has 0 atom stereocenters. The number of amides is 1. The van der Waals surface area contributed by atoms with Gasteiger partial charge in [0.25, 0.3) is 5.91 Å². The molecule has 0 unspecified atom stereocenters. The SMILES string of the molecule is C=CCNC(=O)c1cc2cc(C)cc(C)c2nc1Cl. The maximum atomic E-state index is 12.0. The first-order valence-electron chi connectivity index (χ1n) is 5.99. The summed E-state index contributed by atoms with van der Waals surface area (Å²) in [6, 6.07) is 5.82. The molecule has 4 heteroatoms. The van der Waals surface area contributed by atoms with Gasteiger partial charge in [0.05, 0.1) is 11.1 Å². The molecule has 1 aromatic carbocycles. The van der Waals surface area contributed by atoms with Crippen LogP contribution in [-0.2, 0) is 0 Å². The maximum Gasteiger partial charge on any atom is 0.254 e. The van der Waals surface area contributed by atoms with Crippen LogP contribution in [0, 0.1) is 13.8 Å². The number of aromatic nitrogens is 1. The fraction of sp³-hybridized carbons (Fsp3) is 0.200. The van der Waals surface area contributed by atoms with Gasteiger partial charge in [0.2, 0.25) is 0 Å². The minimum absolute atomic E-state index is 0.223. The van der Waals surface area contributed by atoms with Crippen LogP contribution >= 0.6 is 11.6 Å². The molecule has 3 nitrogen and oxygen atoms in total. The van der Waals surface area contributed by atoms with Crippen LogP contribution in [0.25, 0.3) is 10.9 Å². The zero-order valence-corrected chi connectivity index (χ0v) is 11.7. The van der Waals surface area contributed by atoms with E-state index in [1.165, 1.54) is 0 Å². The Morgan fingerprint density at radius 2 is 2.16 bits per heavy atom. The lowest BCUT2D eigenvalue weighted by molar-refractivity contribution is 0.0958. The van der Waals surface area contributed by atoms with Crippen molar-refractivity contribution in [2.75, 3.05) is 6.54 Å². The molecule has 0 saturated carbocycles. The van der Waals surface area contributed by atoms with Crippen LogP contribution in [-0.4, -0.2) is 17.4 Å². The number of halogens is 1. The summed E-state index contributed by atoms with van der Waals surface area (Å²) in [6.45, 7) is 7.96. The smallest absolute Gasteiger partial charge is 0.254 e. The van der Waals surface area contributed by atoms with Crippen LogP contribution in [0.3, 0.4) is 0 Å². The van der Waals surface area contributed by atoms with Crippen LogP contribution in [0.1, 0.15) is 21.5 Å². The third-order valence-corrected chi connectivity index (χ3v) is 3.15. The number of benzene rings is 1. The second kappa shape index (κ2) is 5.41. The molecule has 1 aromatic heterocycles. The Labute approximate surface area is 117 Å². The molecule has 0 bridgehead atoms. The van der Waals surface area contributed by atoms with Crippen LogP contribution in [0.5, 0.6) is 0 Å². The number of carbonyl (C=O) groups excluding carboxylic acids is 1. The summed E-state index contributed by atoms with van der Waals surface area (Å²) >= 11 is 6.09. The minimum Gasteiger partial charge on any atom is -0.348 e. The van der Waals surface area contributed by atoms with Crippen molar-refractivity contribution in [3.8, 4) is 0 Å². The number of carbonyl (C=O) groups is 1. The summed E-state index contributed by atoms with van der Waals surface area (Å²) in [5.74, 6) is -0.238. The molecule has 0 saturated heterocycles. The molecular formula is C15H15ClN2O. The lowest BCUT2D eigenvalue weighted by Crippen LogP contribution is -2.23. The molecule has 0 fully saturated rings. The Balaban J connectivity index is 2.54. The summed E-state index contributed by atoms with van der Waals surface area (Å²) in [5.41, 5.74) is 3.40. The number of hydrogen-bond donors (Lipinski definition) is 1. The van der Waals surface area contributed by atoms with Gasteiger partial charge in [0.15, 0.2) is 0 Å². The molecule has 2 rings (SSSR count).